The van der Waals surface area contributed by atoms with Crippen LogP contribution in [0.4, 0.5) is 0 Å². The number of hydrogen-bond donors (Lipinski definition) is 1. The van der Waals surface area contributed by atoms with Crippen LogP contribution in [0.15, 0.2) is 78.2 Å². The van der Waals surface area contributed by atoms with Crippen molar-refractivity contribution in [2.75, 3.05) is 13.7 Å². The largest absolute Gasteiger partial charge is 0.493 e. The number of methoxy groups -OCH3 is 1. The summed E-state index contributed by atoms with van der Waals surface area (Å²) in [5, 5.41) is 10.5. The summed E-state index contributed by atoms with van der Waals surface area (Å²) in [5.74, 6) is 0.772. The van der Waals surface area contributed by atoms with E-state index in [1.54, 1.807) is 55.7 Å². The second-order valence-corrected chi connectivity index (χ2v) is 8.98. The first kappa shape index (κ1) is 26.6. The molecule has 0 radical (unpaired) electrons. The van der Waals surface area contributed by atoms with Gasteiger partial charge in [-0.05, 0) is 54.0 Å². The molecule has 8 heteroatoms. The van der Waals surface area contributed by atoms with E-state index in [4.69, 9.17) is 36.3 Å². The fourth-order valence-corrected chi connectivity index (χ4v) is 4.17. The molecule has 1 unspecified atom stereocenters. The highest BCUT2D eigenvalue weighted by Crippen LogP contribution is 2.45. The van der Waals surface area contributed by atoms with Crippen LogP contribution in [0.5, 0.6) is 23.0 Å². The molecule has 0 bridgehead atoms. The minimum Gasteiger partial charge on any atom is -0.493 e. The number of fused-ring (bicyclic) bond motifs is 1. The molecule has 1 aliphatic heterocycles. The fourth-order valence-electron chi connectivity index (χ4n) is 4.04. The lowest BCUT2D eigenvalue weighted by molar-refractivity contribution is -0.128. The van der Waals surface area contributed by atoms with E-state index in [1.807, 2.05) is 18.2 Å². The fraction of sp³-hybridized carbons (Fsp3) is 0.200. The van der Waals surface area contributed by atoms with Crippen molar-refractivity contribution in [1.82, 2.24) is 0 Å². The quantitative estimate of drug-likeness (QED) is 0.148. The van der Waals surface area contributed by atoms with Gasteiger partial charge >= 0.3 is 5.97 Å². The predicted molar refractivity (Wildman–Crippen MR) is 145 cm³/mol. The van der Waals surface area contributed by atoms with Crippen LogP contribution in [0.1, 0.15) is 42.4 Å². The number of unbranched alkanes of at least 4 members (excludes halogenated alkanes) is 1. The molecule has 0 amide bonds. The Morgan fingerprint density at radius 2 is 1.92 bits per heavy atom. The number of benzene rings is 3. The summed E-state index contributed by atoms with van der Waals surface area (Å²) in [7, 11) is 1.57. The van der Waals surface area contributed by atoms with E-state index < -0.39 is 11.9 Å². The van der Waals surface area contributed by atoms with Crippen molar-refractivity contribution in [3.8, 4) is 29.1 Å². The van der Waals surface area contributed by atoms with Gasteiger partial charge in [-0.1, -0.05) is 49.2 Å². The minimum absolute atomic E-state index is 0.0154. The lowest BCUT2D eigenvalue weighted by Gasteiger charge is -2.27. The standard InChI is InChI=1S/C30H27ClN2O5/c1-3-4-15-36-25-13-8-20(16-27(25)35-2)29-23-12-11-22(17-26(23)38-30(33)24(29)18-32)37-28(34)14-7-19-5-9-21(31)10-6-19/h5-14,16-17,29H,3-4,15,33H2,1-2H3/b14-7+. The third-order valence-corrected chi connectivity index (χ3v) is 6.22. The zero-order valence-corrected chi connectivity index (χ0v) is 21.8. The molecule has 1 aliphatic rings. The van der Waals surface area contributed by atoms with Gasteiger partial charge in [0.05, 0.1) is 19.6 Å². The highest BCUT2D eigenvalue weighted by molar-refractivity contribution is 6.30. The van der Waals surface area contributed by atoms with Crippen LogP contribution in [0.25, 0.3) is 6.08 Å². The Balaban J connectivity index is 1.59. The maximum Gasteiger partial charge on any atom is 0.336 e. The van der Waals surface area contributed by atoms with Gasteiger partial charge in [0.2, 0.25) is 5.88 Å². The molecule has 3 aromatic rings. The van der Waals surface area contributed by atoms with Crippen LogP contribution in [-0.2, 0) is 4.79 Å². The van der Waals surface area contributed by atoms with Crippen molar-refractivity contribution in [1.29, 1.82) is 5.26 Å². The van der Waals surface area contributed by atoms with E-state index in [9.17, 15) is 10.1 Å². The van der Waals surface area contributed by atoms with Crippen LogP contribution in [0, 0.1) is 11.3 Å². The van der Waals surface area contributed by atoms with Gasteiger partial charge in [-0.2, -0.15) is 5.26 Å². The van der Waals surface area contributed by atoms with Crippen molar-refractivity contribution in [3.63, 3.8) is 0 Å². The van der Waals surface area contributed by atoms with Crippen molar-refractivity contribution >= 4 is 23.6 Å². The maximum absolute atomic E-state index is 12.4. The third-order valence-electron chi connectivity index (χ3n) is 5.97. The number of rotatable bonds is 9. The molecule has 194 valence electrons. The third kappa shape index (κ3) is 6.10. The highest BCUT2D eigenvalue weighted by atomic mass is 35.5. The second kappa shape index (κ2) is 12.2. The van der Waals surface area contributed by atoms with E-state index in [-0.39, 0.29) is 17.2 Å². The normalized spacial score (nSPS) is 14.4. The van der Waals surface area contributed by atoms with Gasteiger partial charge in [0.15, 0.2) is 11.5 Å². The summed E-state index contributed by atoms with van der Waals surface area (Å²) < 4.78 is 22.6. The molecule has 1 atom stereocenters. The maximum atomic E-state index is 12.4. The van der Waals surface area contributed by atoms with Crippen molar-refractivity contribution in [3.05, 3.63) is 99.9 Å². The number of nitrogens with zero attached hydrogens (tertiary/aromatic N) is 1. The van der Waals surface area contributed by atoms with Gasteiger partial charge in [0.25, 0.3) is 0 Å². The molecule has 4 rings (SSSR count). The summed E-state index contributed by atoms with van der Waals surface area (Å²) in [4.78, 5) is 12.4. The molecular formula is C30H27ClN2O5. The number of nitrogens with two attached hydrogens (primary N) is 1. The molecule has 7 nitrogen and oxygen atoms in total. The zero-order chi connectivity index (χ0) is 27.1. The Morgan fingerprint density at radius 1 is 1.13 bits per heavy atom. The molecule has 0 spiro atoms. The first-order chi connectivity index (χ1) is 18.4. The molecular weight excluding hydrogens is 504 g/mol. The monoisotopic (exact) mass is 530 g/mol. The zero-order valence-electron chi connectivity index (χ0n) is 21.1. The molecule has 1 heterocycles. The predicted octanol–water partition coefficient (Wildman–Crippen LogP) is 6.36. The molecule has 0 aliphatic carbocycles. The van der Waals surface area contributed by atoms with Crippen molar-refractivity contribution in [2.24, 2.45) is 5.73 Å². The van der Waals surface area contributed by atoms with Crippen LogP contribution in [0.3, 0.4) is 0 Å². The van der Waals surface area contributed by atoms with Gasteiger partial charge in [0, 0.05) is 22.7 Å². The Labute approximate surface area is 226 Å². The number of carbonyl (C=O) groups is 1. The molecule has 0 saturated heterocycles. The Hall–Kier alpha value is -4.41. The topological polar surface area (TPSA) is 104 Å². The Kier molecular flexibility index (Phi) is 8.57. The number of ether oxygens (including phenoxy) is 4. The number of nitriles is 1. The van der Waals surface area contributed by atoms with Gasteiger partial charge in [0.1, 0.15) is 23.1 Å². The number of hydrogen-bond acceptors (Lipinski definition) is 7. The van der Waals surface area contributed by atoms with E-state index in [1.165, 1.54) is 6.08 Å². The Bertz CT molecular complexity index is 1420. The summed E-state index contributed by atoms with van der Waals surface area (Å²) in [6, 6.07) is 19.8. The average molecular weight is 531 g/mol. The average Bonchev–Trinajstić information content (AvgIpc) is 2.92. The van der Waals surface area contributed by atoms with Gasteiger partial charge < -0.3 is 24.7 Å². The van der Waals surface area contributed by atoms with Gasteiger partial charge in [-0.25, -0.2) is 4.79 Å². The number of allylic oxidation sites excluding steroid dienone is 1. The number of carbonyl (C=O) groups excluding carboxylic acids is 1. The minimum atomic E-state index is -0.558. The van der Waals surface area contributed by atoms with Crippen molar-refractivity contribution < 1.29 is 23.7 Å². The summed E-state index contributed by atoms with van der Waals surface area (Å²) >= 11 is 5.89. The smallest absolute Gasteiger partial charge is 0.336 e. The summed E-state index contributed by atoms with van der Waals surface area (Å²) in [5.41, 5.74) is 8.70. The van der Waals surface area contributed by atoms with Crippen LogP contribution >= 0.6 is 11.6 Å². The van der Waals surface area contributed by atoms with E-state index in [2.05, 4.69) is 13.0 Å². The van der Waals surface area contributed by atoms with Gasteiger partial charge in [-0.15, -0.1) is 0 Å². The lowest BCUT2D eigenvalue weighted by Crippen LogP contribution is -2.21. The number of halogens is 1. The Morgan fingerprint density at radius 3 is 2.63 bits per heavy atom. The SMILES string of the molecule is CCCCOc1ccc(C2C(C#N)=C(N)Oc3cc(OC(=O)/C=C/c4ccc(Cl)cc4)ccc32)cc1OC. The van der Waals surface area contributed by atoms with Crippen LogP contribution in [-0.4, -0.2) is 19.7 Å². The second-order valence-electron chi connectivity index (χ2n) is 8.54. The van der Waals surface area contributed by atoms with E-state index >= 15 is 0 Å². The first-order valence-corrected chi connectivity index (χ1v) is 12.5. The summed E-state index contributed by atoms with van der Waals surface area (Å²) in [6.45, 7) is 2.68. The molecule has 3 aromatic carbocycles. The van der Waals surface area contributed by atoms with Crippen molar-refractivity contribution in [2.45, 2.75) is 25.7 Å². The summed E-state index contributed by atoms with van der Waals surface area (Å²) in [6.07, 6.45) is 4.90. The van der Waals surface area contributed by atoms with E-state index in [0.717, 1.165) is 24.0 Å². The van der Waals surface area contributed by atoms with Gasteiger partial charge in [-0.3, -0.25) is 0 Å². The van der Waals surface area contributed by atoms with Crippen LogP contribution in [0.2, 0.25) is 5.02 Å². The first-order valence-electron chi connectivity index (χ1n) is 12.1. The lowest BCUT2D eigenvalue weighted by atomic mass is 9.83. The van der Waals surface area contributed by atoms with Crippen LogP contribution < -0.4 is 24.7 Å². The van der Waals surface area contributed by atoms with E-state index in [0.29, 0.717) is 34.4 Å². The molecule has 0 fully saturated rings. The molecule has 0 saturated carbocycles. The highest BCUT2D eigenvalue weighted by Gasteiger charge is 2.31. The molecule has 0 aromatic heterocycles. The molecule has 2 N–H and O–H groups in total. The number of esters is 1. The molecule has 38 heavy (non-hydrogen) atoms.